The highest BCUT2D eigenvalue weighted by atomic mass is 35.5. The van der Waals surface area contributed by atoms with E-state index in [-0.39, 0.29) is 40.2 Å². The van der Waals surface area contributed by atoms with Crippen molar-refractivity contribution in [3.63, 3.8) is 0 Å². The number of benzene rings is 2. The molecule has 18 heteroatoms. The van der Waals surface area contributed by atoms with E-state index in [1.807, 2.05) is 82.3 Å². The number of nitrogens with zero attached hydrogens (tertiary/aromatic N) is 6. The number of hydrogen-bond acceptors (Lipinski definition) is 12. The van der Waals surface area contributed by atoms with Gasteiger partial charge in [0.15, 0.2) is 23.0 Å². The van der Waals surface area contributed by atoms with Gasteiger partial charge in [-0.2, -0.15) is 5.26 Å². The van der Waals surface area contributed by atoms with E-state index in [1.165, 1.54) is 23.6 Å². The second-order valence-corrected chi connectivity index (χ2v) is 18.5. The zero-order chi connectivity index (χ0) is 47.6. The molecule has 4 amide bonds. The highest BCUT2D eigenvalue weighted by Crippen LogP contribution is 2.37. The topological polar surface area (TPSA) is 192 Å². The third kappa shape index (κ3) is 11.9. The van der Waals surface area contributed by atoms with E-state index in [9.17, 15) is 24.4 Å². The fourth-order valence-corrected chi connectivity index (χ4v) is 8.51. The summed E-state index contributed by atoms with van der Waals surface area (Å²) in [5, 5.41) is 15.4. The minimum atomic E-state index is -0.990. The van der Waals surface area contributed by atoms with E-state index in [0.29, 0.717) is 81.7 Å². The zero-order valence-electron chi connectivity index (χ0n) is 38.2. The molecule has 2 aromatic carbocycles. The first-order valence-electron chi connectivity index (χ1n) is 22.0. The van der Waals surface area contributed by atoms with Gasteiger partial charge in [-0.05, 0) is 106 Å². The van der Waals surface area contributed by atoms with Crippen molar-refractivity contribution in [3.05, 3.63) is 89.2 Å². The molecule has 2 saturated heterocycles. The van der Waals surface area contributed by atoms with E-state index in [0.717, 1.165) is 29.7 Å². The summed E-state index contributed by atoms with van der Waals surface area (Å²) in [6, 6.07) is 17.0. The summed E-state index contributed by atoms with van der Waals surface area (Å²) in [6.45, 7) is 13.4. The molecule has 16 nitrogen and oxygen atoms in total. The molecule has 2 aliphatic rings. The molecule has 0 saturated carbocycles. The number of ether oxygens (including phenoxy) is 3. The lowest BCUT2D eigenvalue weighted by Crippen LogP contribution is -2.58. The Bertz CT molecular complexity index is 2410. The number of pyridine rings is 1. The number of aromatic nitrogens is 2. The molecule has 0 spiro atoms. The van der Waals surface area contributed by atoms with Gasteiger partial charge in [-0.25, -0.2) is 9.97 Å². The smallest absolute Gasteiger partial charge is 0.259 e. The molecule has 2 aromatic heterocycles. The molecular formula is C48H57ClN8O8S. The van der Waals surface area contributed by atoms with E-state index in [4.69, 9.17) is 42.4 Å². The zero-order valence-corrected chi connectivity index (χ0v) is 39.8. The molecule has 2 N–H and O–H groups in total. The lowest BCUT2D eigenvalue weighted by molar-refractivity contribution is -0.144. The van der Waals surface area contributed by atoms with Gasteiger partial charge in [0.2, 0.25) is 17.7 Å². The molecule has 4 heterocycles. The summed E-state index contributed by atoms with van der Waals surface area (Å²) in [4.78, 5) is 66.7. The first-order valence-corrected chi connectivity index (χ1v) is 22.8. The minimum absolute atomic E-state index is 0.0647. The molecule has 0 bridgehead atoms. The number of oxazole rings is 1. The van der Waals surface area contributed by atoms with Crippen molar-refractivity contribution in [1.82, 2.24) is 25.5 Å². The number of carbonyl (C=O) groups is 4. The highest BCUT2D eigenvalue weighted by Gasteiger charge is 2.50. The van der Waals surface area contributed by atoms with Gasteiger partial charge in [0.25, 0.3) is 5.91 Å². The molecule has 350 valence electrons. The van der Waals surface area contributed by atoms with Crippen molar-refractivity contribution in [3.8, 4) is 23.1 Å². The second kappa shape index (κ2) is 22.0. The van der Waals surface area contributed by atoms with Gasteiger partial charge < -0.3 is 39.1 Å². The lowest BCUT2D eigenvalue weighted by atomic mass is 9.85. The summed E-state index contributed by atoms with van der Waals surface area (Å²) < 4.78 is 22.8. The largest absolute Gasteiger partial charge is 0.494 e. The second-order valence-electron chi connectivity index (χ2n) is 17.8. The Morgan fingerprint density at radius 2 is 1.70 bits per heavy atom. The van der Waals surface area contributed by atoms with Crippen LogP contribution in [0.2, 0.25) is 5.02 Å². The van der Waals surface area contributed by atoms with Crippen LogP contribution in [0.25, 0.3) is 11.3 Å². The predicted molar refractivity (Wildman–Crippen MR) is 253 cm³/mol. The van der Waals surface area contributed by atoms with Crippen LogP contribution in [0.1, 0.15) is 83.7 Å². The monoisotopic (exact) mass is 940 g/mol. The highest BCUT2D eigenvalue weighted by molar-refractivity contribution is 7.81. The summed E-state index contributed by atoms with van der Waals surface area (Å²) >= 11 is 11.9. The Kier molecular flexibility index (Phi) is 16.5. The van der Waals surface area contributed by atoms with Crippen LogP contribution in [-0.4, -0.2) is 101 Å². The van der Waals surface area contributed by atoms with Crippen molar-refractivity contribution in [2.24, 2.45) is 5.41 Å². The van der Waals surface area contributed by atoms with Gasteiger partial charge in [0.1, 0.15) is 36.0 Å². The third-order valence-electron chi connectivity index (χ3n) is 11.4. The van der Waals surface area contributed by atoms with Gasteiger partial charge >= 0.3 is 0 Å². The number of carbonyl (C=O) groups excluding carboxylic acids is 4. The normalized spacial score (nSPS) is 16.3. The Morgan fingerprint density at radius 1 is 1.00 bits per heavy atom. The van der Waals surface area contributed by atoms with Crippen molar-refractivity contribution in [2.45, 2.75) is 97.8 Å². The molecule has 2 fully saturated rings. The predicted octanol–water partition coefficient (Wildman–Crippen LogP) is 6.91. The lowest BCUT2D eigenvalue weighted by Gasteiger charge is -2.35. The van der Waals surface area contributed by atoms with Crippen molar-refractivity contribution < 1.29 is 37.8 Å². The van der Waals surface area contributed by atoms with Crippen molar-refractivity contribution in [1.29, 1.82) is 5.26 Å². The van der Waals surface area contributed by atoms with Gasteiger partial charge in [-0.3, -0.25) is 24.1 Å². The molecule has 0 unspecified atom stereocenters. The van der Waals surface area contributed by atoms with Crippen molar-refractivity contribution >= 4 is 63.9 Å². The number of hydrogen-bond donors (Lipinski definition) is 2. The van der Waals surface area contributed by atoms with Crippen LogP contribution in [-0.2, 0) is 35.2 Å². The average Bonchev–Trinajstić information content (AvgIpc) is 4.00. The summed E-state index contributed by atoms with van der Waals surface area (Å²) in [5.74, 6) is 0.198. The van der Waals surface area contributed by atoms with Gasteiger partial charge in [-0.15, -0.1) is 0 Å². The molecule has 2 atom stereocenters. The Balaban J connectivity index is 0.846. The average molecular weight is 942 g/mol. The minimum Gasteiger partial charge on any atom is -0.494 e. The first kappa shape index (κ1) is 49.5. The van der Waals surface area contributed by atoms with Gasteiger partial charge in [0, 0.05) is 44.2 Å². The van der Waals surface area contributed by atoms with Crippen LogP contribution in [0, 0.1) is 23.7 Å². The van der Waals surface area contributed by atoms with E-state index in [2.05, 4.69) is 20.6 Å². The maximum Gasteiger partial charge on any atom is 0.259 e. The quantitative estimate of drug-likeness (QED) is 0.0687. The molecule has 2 aliphatic heterocycles. The number of thiocarbonyl (C=S) groups is 1. The third-order valence-corrected chi connectivity index (χ3v) is 12.1. The number of rotatable bonds is 20. The molecular weight excluding hydrogens is 884 g/mol. The summed E-state index contributed by atoms with van der Waals surface area (Å²) in [6.07, 6.45) is 6.19. The number of aryl methyl sites for hydroxylation is 1. The van der Waals surface area contributed by atoms with Crippen LogP contribution in [0.3, 0.4) is 0 Å². The number of likely N-dealkylation sites (tertiary alicyclic amines) is 1. The molecule has 0 radical (unpaired) electrons. The summed E-state index contributed by atoms with van der Waals surface area (Å²) in [7, 11) is 0. The number of anilines is 2. The van der Waals surface area contributed by atoms with Crippen LogP contribution in [0.5, 0.6) is 5.75 Å². The Morgan fingerprint density at radius 3 is 2.36 bits per heavy atom. The maximum atomic E-state index is 13.9. The summed E-state index contributed by atoms with van der Waals surface area (Å²) in [5.41, 5.74) is 2.17. The fourth-order valence-electron chi connectivity index (χ4n) is 7.79. The van der Waals surface area contributed by atoms with Crippen LogP contribution in [0.15, 0.2) is 71.6 Å². The number of unbranched alkanes of at least 4 members (excludes halogenated alkanes) is 1. The Hall–Kier alpha value is -5.93. The number of amides is 4. The molecule has 4 aromatic rings. The maximum absolute atomic E-state index is 13.9. The van der Waals surface area contributed by atoms with E-state index < -0.39 is 28.9 Å². The van der Waals surface area contributed by atoms with Gasteiger partial charge in [-0.1, -0.05) is 56.6 Å². The number of nitrogens with one attached hydrogen (secondary N) is 2. The van der Waals surface area contributed by atoms with Crippen molar-refractivity contribution in [2.75, 3.05) is 49.4 Å². The standard InChI is InChI=1S/C48H57ClN8O8S/c1-31-41(65-30-53-31)33-14-12-32(13-15-33)27-52-43(59)39-11-9-20-55(39)44(60)42(47(2,3)4)54-40(58)29-63-23-10-22-62-21-7-8-24-64-36-18-16-34(17-19-36)57-46(66)56(45(61)48(57,5)6)35-25-37(49)38(26-50)51-28-35/h12-19,25,28,30,39,42H,7-11,20-24,27,29H2,1-6H3,(H,52,59)(H,54,58)/t39-,42+/m0/s1. The SMILES string of the molecule is Cc1ncoc1-c1ccc(CNC(=O)[C@@H]2CCCN2C(=O)[C@@H](NC(=O)COCCCOCCCCOc2ccc(N3C(=S)N(c4cnc(C#N)c(Cl)c4)C(=O)C3(C)C)cc2)C(C)(C)C)cc1. The van der Waals surface area contributed by atoms with E-state index in [1.54, 1.807) is 23.6 Å². The van der Waals surface area contributed by atoms with Crippen LogP contribution < -0.4 is 25.2 Å². The van der Waals surface area contributed by atoms with Crippen LogP contribution >= 0.6 is 23.8 Å². The number of nitriles is 1. The van der Waals surface area contributed by atoms with Gasteiger partial charge in [0.05, 0.1) is 29.2 Å². The Labute approximate surface area is 395 Å². The first-order chi connectivity index (χ1) is 31.5. The molecule has 66 heavy (non-hydrogen) atoms. The van der Waals surface area contributed by atoms with Crippen LogP contribution in [0.4, 0.5) is 11.4 Å². The fraction of sp³-hybridized carbons (Fsp3) is 0.458. The molecule has 6 rings (SSSR count). The van der Waals surface area contributed by atoms with E-state index >= 15 is 0 Å². The molecule has 0 aliphatic carbocycles. The number of halogens is 1.